The summed E-state index contributed by atoms with van der Waals surface area (Å²) in [5.41, 5.74) is 1.14. The number of para-hydroxylation sites is 1. The minimum Gasteiger partial charge on any atom is -0.480 e. The summed E-state index contributed by atoms with van der Waals surface area (Å²) < 4.78 is 0.844. The van der Waals surface area contributed by atoms with Gasteiger partial charge in [0, 0.05) is 34.0 Å². The first-order valence-corrected chi connectivity index (χ1v) is 10.7. The van der Waals surface area contributed by atoms with Gasteiger partial charge in [0.1, 0.15) is 12.6 Å². The van der Waals surface area contributed by atoms with E-state index in [4.69, 9.17) is 16.7 Å². The average molecular weight is 475 g/mol. The Morgan fingerprint density at radius 3 is 2.27 bits per heavy atom. The molecule has 9 heteroatoms. The Labute approximate surface area is 197 Å². The minimum atomic E-state index is -1.18. The molecule has 2 aromatic carbocycles. The first-order valence-electron chi connectivity index (χ1n) is 10.3. The van der Waals surface area contributed by atoms with Crippen LogP contribution in [0.15, 0.2) is 59.4 Å². The lowest BCUT2D eigenvalue weighted by molar-refractivity contribution is -0.870. The molecule has 0 aliphatic carbocycles. The molecule has 1 amide bonds. The number of rotatable bonds is 7. The SMILES string of the molecule is C[N+](C)(C)CCO.O=C(NC(Cc1cc(=O)[nH]c2ccccc12)C(=O)O)c1ccc(Cl)cc1. The average Bonchev–Trinajstić information content (AvgIpc) is 2.73. The summed E-state index contributed by atoms with van der Waals surface area (Å²) in [5.74, 6) is -1.71. The van der Waals surface area contributed by atoms with Crippen LogP contribution in [-0.4, -0.2) is 71.9 Å². The fourth-order valence-electron chi connectivity index (χ4n) is 3.01. The molecule has 0 aliphatic rings. The molecule has 0 spiro atoms. The molecule has 1 heterocycles. The standard InChI is InChI=1S/C19H15ClN2O4.C5H14NO/c20-13-7-5-11(6-8-13)18(24)22-16(19(25)26)9-12-10-17(23)21-15-4-2-1-3-14(12)15;1-6(2,3)4-5-7/h1-8,10,16H,9H2,(H,21,23)(H,22,24)(H,25,26);7H,4-5H2,1-3H3/q;+1. The van der Waals surface area contributed by atoms with Crippen LogP contribution in [0.4, 0.5) is 0 Å². The molecule has 1 unspecified atom stereocenters. The molecule has 1 atom stereocenters. The van der Waals surface area contributed by atoms with Crippen molar-refractivity contribution in [3.8, 4) is 0 Å². The van der Waals surface area contributed by atoms with E-state index in [0.29, 0.717) is 21.7 Å². The second-order valence-electron chi connectivity index (χ2n) is 8.52. The molecule has 176 valence electrons. The Bertz CT molecular complexity index is 1150. The molecule has 0 saturated heterocycles. The van der Waals surface area contributed by atoms with Crippen molar-refractivity contribution in [3.63, 3.8) is 0 Å². The van der Waals surface area contributed by atoms with E-state index in [1.807, 2.05) is 0 Å². The first-order chi connectivity index (χ1) is 15.5. The number of nitrogens with zero attached hydrogens (tertiary/aromatic N) is 1. The summed E-state index contributed by atoms with van der Waals surface area (Å²) in [6.45, 7) is 1.11. The van der Waals surface area contributed by atoms with Crippen LogP contribution in [0.1, 0.15) is 15.9 Å². The normalized spacial score (nSPS) is 11.9. The molecule has 0 aliphatic heterocycles. The van der Waals surface area contributed by atoms with Gasteiger partial charge in [0.2, 0.25) is 5.56 Å². The number of fused-ring (bicyclic) bond motifs is 1. The Balaban J connectivity index is 0.000000479. The van der Waals surface area contributed by atoms with Crippen molar-refractivity contribution in [2.45, 2.75) is 12.5 Å². The van der Waals surface area contributed by atoms with E-state index in [2.05, 4.69) is 31.4 Å². The van der Waals surface area contributed by atoms with Crippen molar-refractivity contribution in [1.29, 1.82) is 0 Å². The minimum absolute atomic E-state index is 0.0148. The fourth-order valence-corrected chi connectivity index (χ4v) is 3.13. The van der Waals surface area contributed by atoms with E-state index in [1.165, 1.54) is 18.2 Å². The number of hydrogen-bond acceptors (Lipinski definition) is 4. The van der Waals surface area contributed by atoms with Crippen molar-refractivity contribution in [2.24, 2.45) is 0 Å². The predicted molar refractivity (Wildman–Crippen MR) is 129 cm³/mol. The quantitative estimate of drug-likeness (QED) is 0.392. The third kappa shape index (κ3) is 8.34. The number of halogens is 1. The van der Waals surface area contributed by atoms with Crippen LogP contribution in [-0.2, 0) is 11.2 Å². The number of aromatic amines is 1. The number of carbonyl (C=O) groups is 2. The third-order valence-electron chi connectivity index (χ3n) is 4.74. The van der Waals surface area contributed by atoms with Gasteiger partial charge >= 0.3 is 5.97 Å². The number of H-pyrrole nitrogens is 1. The summed E-state index contributed by atoms with van der Waals surface area (Å²) in [6.07, 6.45) is -0.0148. The highest BCUT2D eigenvalue weighted by molar-refractivity contribution is 6.30. The van der Waals surface area contributed by atoms with Crippen molar-refractivity contribution in [1.82, 2.24) is 10.3 Å². The lowest BCUT2D eigenvalue weighted by Gasteiger charge is -2.21. The van der Waals surface area contributed by atoms with Gasteiger partial charge in [0.05, 0.1) is 27.7 Å². The van der Waals surface area contributed by atoms with Gasteiger partial charge in [0.25, 0.3) is 5.91 Å². The zero-order chi connectivity index (χ0) is 24.6. The number of amides is 1. The van der Waals surface area contributed by atoms with Crippen molar-refractivity contribution >= 4 is 34.4 Å². The number of aliphatic hydroxyl groups is 1. The highest BCUT2D eigenvalue weighted by atomic mass is 35.5. The van der Waals surface area contributed by atoms with Gasteiger partial charge in [-0.05, 0) is 35.9 Å². The number of nitrogens with one attached hydrogen (secondary N) is 2. The van der Waals surface area contributed by atoms with Gasteiger partial charge in [-0.2, -0.15) is 0 Å². The summed E-state index contributed by atoms with van der Waals surface area (Å²) in [6, 6.07) is 13.4. The number of likely N-dealkylation sites (N-methyl/N-ethyl adjacent to an activating group) is 1. The van der Waals surface area contributed by atoms with Gasteiger partial charge in [-0.3, -0.25) is 9.59 Å². The van der Waals surface area contributed by atoms with Gasteiger partial charge in [0.15, 0.2) is 0 Å². The van der Waals surface area contributed by atoms with Gasteiger partial charge in [-0.1, -0.05) is 29.8 Å². The molecule has 4 N–H and O–H groups in total. The van der Waals surface area contributed by atoms with Crippen LogP contribution >= 0.6 is 11.6 Å². The Morgan fingerprint density at radius 2 is 1.73 bits per heavy atom. The molecule has 8 nitrogen and oxygen atoms in total. The molecule has 3 rings (SSSR count). The van der Waals surface area contributed by atoms with Crippen LogP contribution < -0.4 is 10.9 Å². The van der Waals surface area contributed by atoms with E-state index in [1.54, 1.807) is 36.4 Å². The molecule has 1 aromatic heterocycles. The van der Waals surface area contributed by atoms with E-state index in [0.717, 1.165) is 16.4 Å². The summed E-state index contributed by atoms with van der Waals surface area (Å²) in [7, 11) is 6.16. The van der Waals surface area contributed by atoms with Gasteiger partial charge in [-0.25, -0.2) is 4.79 Å². The molecule has 0 bridgehead atoms. The predicted octanol–water partition coefficient (Wildman–Crippen LogP) is 2.29. The molecular formula is C24H29ClN3O5+. The summed E-state index contributed by atoms with van der Waals surface area (Å²) >= 11 is 5.79. The number of quaternary nitrogens is 1. The molecule has 0 radical (unpaired) electrons. The molecule has 3 aromatic rings. The van der Waals surface area contributed by atoms with Crippen molar-refractivity contribution < 1.29 is 24.3 Å². The first kappa shape index (κ1) is 26.1. The molecule has 0 saturated carbocycles. The second-order valence-corrected chi connectivity index (χ2v) is 8.95. The van der Waals surface area contributed by atoms with Crippen LogP contribution in [0.5, 0.6) is 0 Å². The largest absolute Gasteiger partial charge is 0.480 e. The molecular weight excluding hydrogens is 446 g/mol. The topological polar surface area (TPSA) is 119 Å². The van der Waals surface area contributed by atoms with Crippen LogP contribution in [0.2, 0.25) is 5.02 Å². The summed E-state index contributed by atoms with van der Waals surface area (Å²) in [5, 5.41) is 21.6. The Morgan fingerprint density at radius 1 is 1.09 bits per heavy atom. The number of hydrogen-bond donors (Lipinski definition) is 4. The number of aliphatic hydroxyl groups excluding tert-OH is 1. The van der Waals surface area contributed by atoms with E-state index in [-0.39, 0.29) is 18.6 Å². The van der Waals surface area contributed by atoms with Crippen LogP contribution in [0.25, 0.3) is 10.9 Å². The molecule has 0 fully saturated rings. The number of pyridine rings is 1. The monoisotopic (exact) mass is 474 g/mol. The number of carboxylic acid groups (broad SMARTS) is 1. The number of carboxylic acids is 1. The maximum Gasteiger partial charge on any atom is 0.326 e. The van der Waals surface area contributed by atoms with Crippen molar-refractivity contribution in [2.75, 3.05) is 34.3 Å². The Kier molecular flexibility index (Phi) is 9.16. The number of benzene rings is 2. The van der Waals surface area contributed by atoms with Gasteiger partial charge < -0.3 is 25.0 Å². The highest BCUT2D eigenvalue weighted by Crippen LogP contribution is 2.17. The lowest BCUT2D eigenvalue weighted by atomic mass is 10.0. The second kappa shape index (κ2) is 11.6. The van der Waals surface area contributed by atoms with E-state index in [9.17, 15) is 19.5 Å². The summed E-state index contributed by atoms with van der Waals surface area (Å²) in [4.78, 5) is 38.5. The number of aromatic nitrogens is 1. The van der Waals surface area contributed by atoms with Gasteiger partial charge in [-0.15, -0.1) is 0 Å². The lowest BCUT2D eigenvalue weighted by Crippen LogP contribution is -2.42. The number of aliphatic carboxylic acids is 1. The zero-order valence-corrected chi connectivity index (χ0v) is 19.6. The maximum atomic E-state index is 12.3. The highest BCUT2D eigenvalue weighted by Gasteiger charge is 2.22. The van der Waals surface area contributed by atoms with E-state index >= 15 is 0 Å². The van der Waals surface area contributed by atoms with Crippen LogP contribution in [0, 0.1) is 0 Å². The smallest absolute Gasteiger partial charge is 0.326 e. The number of carbonyl (C=O) groups excluding carboxylic acids is 1. The van der Waals surface area contributed by atoms with E-state index < -0.39 is 17.9 Å². The zero-order valence-electron chi connectivity index (χ0n) is 18.8. The maximum absolute atomic E-state index is 12.3. The molecule has 33 heavy (non-hydrogen) atoms. The fraction of sp³-hybridized carbons (Fsp3) is 0.292. The van der Waals surface area contributed by atoms with Crippen LogP contribution in [0.3, 0.4) is 0 Å². The Hall–Kier alpha value is -3.20. The van der Waals surface area contributed by atoms with Crippen molar-refractivity contribution in [3.05, 3.63) is 81.1 Å². The third-order valence-corrected chi connectivity index (χ3v) is 4.99.